The Morgan fingerprint density at radius 3 is 2.05 bits per heavy atom. The number of anilines is 1. The predicted molar refractivity (Wildman–Crippen MR) is 173 cm³/mol. The van der Waals surface area contributed by atoms with Gasteiger partial charge in [0.2, 0.25) is 0 Å². The second kappa shape index (κ2) is 13.9. The van der Waals surface area contributed by atoms with Crippen molar-refractivity contribution in [3.63, 3.8) is 0 Å². The molecule has 212 valence electrons. The van der Waals surface area contributed by atoms with Gasteiger partial charge in [-0.2, -0.15) is 0 Å². The molecular formula is C34H39Br2NO3. The van der Waals surface area contributed by atoms with E-state index in [1.54, 1.807) is 12.1 Å². The van der Waals surface area contributed by atoms with Crippen LogP contribution in [0, 0.1) is 0 Å². The number of hydrogen-bond acceptors (Lipinski definition) is 4. The zero-order chi connectivity index (χ0) is 28.7. The number of carbonyl (C=O) groups is 1. The summed E-state index contributed by atoms with van der Waals surface area (Å²) < 4.78 is 7.67. The van der Waals surface area contributed by atoms with E-state index in [2.05, 4.69) is 93.9 Å². The lowest BCUT2D eigenvalue weighted by molar-refractivity contribution is -0.137. The number of hydrogen-bond donors (Lipinski definition) is 1. The normalized spacial score (nSPS) is 13.3. The van der Waals surface area contributed by atoms with Crippen molar-refractivity contribution in [2.75, 3.05) is 24.6 Å². The van der Waals surface area contributed by atoms with Crippen molar-refractivity contribution in [2.45, 2.75) is 64.7 Å². The standard InChI is InChI=1S/C34H39Br2NO3/c1-4-6-18-37(19-7-5-2)27-13-9-24(32(38)23-27)10-16-33(39)40-20-8-17-34(3)30-21-25(35)11-14-28(30)29-15-12-26(36)22-31(29)34/h9-16,21-23,38H,4-8,17-20H2,1-3H3/b16-10+. The van der Waals surface area contributed by atoms with Gasteiger partial charge in [0.1, 0.15) is 5.75 Å². The Kier molecular flexibility index (Phi) is 10.5. The van der Waals surface area contributed by atoms with Crippen LogP contribution < -0.4 is 4.90 Å². The van der Waals surface area contributed by atoms with E-state index < -0.39 is 5.97 Å². The summed E-state index contributed by atoms with van der Waals surface area (Å²) in [4.78, 5) is 14.8. The summed E-state index contributed by atoms with van der Waals surface area (Å²) in [6.45, 7) is 8.93. The van der Waals surface area contributed by atoms with E-state index >= 15 is 0 Å². The van der Waals surface area contributed by atoms with Crippen molar-refractivity contribution < 1.29 is 14.6 Å². The van der Waals surface area contributed by atoms with Gasteiger partial charge in [-0.25, -0.2) is 4.79 Å². The molecule has 0 radical (unpaired) electrons. The zero-order valence-corrected chi connectivity index (χ0v) is 26.9. The molecule has 3 aromatic carbocycles. The van der Waals surface area contributed by atoms with E-state index in [9.17, 15) is 9.90 Å². The van der Waals surface area contributed by atoms with Gasteiger partial charge >= 0.3 is 5.97 Å². The first-order chi connectivity index (χ1) is 19.3. The maximum Gasteiger partial charge on any atom is 0.330 e. The van der Waals surface area contributed by atoms with Crippen molar-refractivity contribution in [2.24, 2.45) is 0 Å². The number of unbranched alkanes of at least 4 members (excludes halogenated alkanes) is 2. The molecule has 0 saturated carbocycles. The minimum atomic E-state index is -0.404. The van der Waals surface area contributed by atoms with E-state index in [0.717, 1.165) is 66.2 Å². The topological polar surface area (TPSA) is 49.8 Å². The molecular weight excluding hydrogens is 630 g/mol. The van der Waals surface area contributed by atoms with E-state index in [1.807, 2.05) is 12.1 Å². The molecule has 0 spiro atoms. The third-order valence-electron chi connectivity index (χ3n) is 7.85. The second-order valence-electron chi connectivity index (χ2n) is 10.8. The molecule has 1 aliphatic carbocycles. The molecule has 0 amide bonds. The molecule has 0 aromatic heterocycles. The smallest absolute Gasteiger partial charge is 0.330 e. The van der Waals surface area contributed by atoms with Crippen LogP contribution >= 0.6 is 31.9 Å². The van der Waals surface area contributed by atoms with Gasteiger partial charge in [-0.1, -0.05) is 77.6 Å². The minimum absolute atomic E-state index is 0.170. The molecule has 0 heterocycles. The lowest BCUT2D eigenvalue weighted by atomic mass is 9.76. The zero-order valence-electron chi connectivity index (χ0n) is 23.7. The number of fused-ring (bicyclic) bond motifs is 3. The number of phenols is 1. The van der Waals surface area contributed by atoms with Gasteiger partial charge in [-0.3, -0.25) is 0 Å². The fourth-order valence-corrected chi connectivity index (χ4v) is 6.29. The monoisotopic (exact) mass is 667 g/mol. The molecule has 4 rings (SSSR count). The number of rotatable bonds is 13. The number of nitrogens with zero attached hydrogens (tertiary/aromatic N) is 1. The molecule has 3 aromatic rings. The van der Waals surface area contributed by atoms with Crippen LogP contribution in [0.5, 0.6) is 5.75 Å². The number of esters is 1. The van der Waals surface area contributed by atoms with Gasteiger partial charge in [0.15, 0.2) is 0 Å². The molecule has 1 aliphatic rings. The first kappa shape index (κ1) is 30.4. The van der Waals surface area contributed by atoms with E-state index in [4.69, 9.17) is 4.74 Å². The summed E-state index contributed by atoms with van der Waals surface area (Å²) in [6.07, 6.45) is 9.11. The average Bonchev–Trinajstić information content (AvgIpc) is 3.17. The SMILES string of the molecule is CCCCN(CCCC)c1ccc(/C=C/C(=O)OCCCC2(C)c3cc(Br)ccc3-c3ccc(Br)cc32)c(O)c1. The highest BCUT2D eigenvalue weighted by molar-refractivity contribution is 9.10. The highest BCUT2D eigenvalue weighted by Crippen LogP contribution is 2.52. The van der Waals surface area contributed by atoms with Crippen molar-refractivity contribution in [3.8, 4) is 16.9 Å². The molecule has 0 atom stereocenters. The van der Waals surface area contributed by atoms with Crippen LogP contribution in [0.25, 0.3) is 17.2 Å². The fraction of sp³-hybridized carbons (Fsp3) is 0.382. The molecule has 0 unspecified atom stereocenters. The maximum atomic E-state index is 12.5. The van der Waals surface area contributed by atoms with E-state index in [0.29, 0.717) is 12.2 Å². The summed E-state index contributed by atoms with van der Waals surface area (Å²) in [7, 11) is 0. The highest BCUT2D eigenvalue weighted by Gasteiger charge is 2.39. The van der Waals surface area contributed by atoms with Crippen LogP contribution in [0.3, 0.4) is 0 Å². The van der Waals surface area contributed by atoms with Crippen molar-refractivity contribution in [1.82, 2.24) is 0 Å². The Balaban J connectivity index is 1.35. The quantitative estimate of drug-likeness (QED) is 0.112. The Hall–Kier alpha value is -2.57. The number of phenolic OH excluding ortho intramolecular Hbond substituents is 1. The maximum absolute atomic E-state index is 12.5. The van der Waals surface area contributed by atoms with Crippen LogP contribution in [0.1, 0.15) is 76.0 Å². The first-order valence-electron chi connectivity index (χ1n) is 14.3. The Morgan fingerprint density at radius 2 is 1.50 bits per heavy atom. The molecule has 0 aliphatic heterocycles. The Morgan fingerprint density at radius 1 is 0.900 bits per heavy atom. The predicted octanol–water partition coefficient (Wildman–Crippen LogP) is 9.65. The Labute approximate surface area is 255 Å². The summed E-state index contributed by atoms with van der Waals surface area (Å²) >= 11 is 7.28. The van der Waals surface area contributed by atoms with Gasteiger partial charge in [-0.05, 0) is 90.4 Å². The Bertz CT molecular complexity index is 1310. The molecule has 6 heteroatoms. The number of aromatic hydroxyl groups is 1. The molecule has 4 nitrogen and oxygen atoms in total. The lowest BCUT2D eigenvalue weighted by Gasteiger charge is -2.27. The number of ether oxygens (including phenoxy) is 1. The number of benzene rings is 3. The van der Waals surface area contributed by atoms with E-state index in [1.165, 1.54) is 28.3 Å². The van der Waals surface area contributed by atoms with E-state index in [-0.39, 0.29) is 11.2 Å². The van der Waals surface area contributed by atoms with Crippen molar-refractivity contribution >= 4 is 49.6 Å². The van der Waals surface area contributed by atoms with Gasteiger partial charge in [0.25, 0.3) is 0 Å². The largest absolute Gasteiger partial charge is 0.507 e. The summed E-state index contributed by atoms with van der Waals surface area (Å²) in [5.41, 5.74) is 6.56. The van der Waals surface area contributed by atoms with Gasteiger partial charge in [0.05, 0.1) is 6.61 Å². The molecule has 0 saturated heterocycles. The summed E-state index contributed by atoms with van der Waals surface area (Å²) in [5, 5.41) is 10.6. The minimum Gasteiger partial charge on any atom is -0.507 e. The molecule has 1 N–H and O–H groups in total. The number of carbonyl (C=O) groups excluding carboxylic acids is 1. The summed E-state index contributed by atoms with van der Waals surface area (Å²) in [5.74, 6) is -0.234. The fourth-order valence-electron chi connectivity index (χ4n) is 5.57. The van der Waals surface area contributed by atoms with Crippen molar-refractivity contribution in [1.29, 1.82) is 0 Å². The molecule has 0 bridgehead atoms. The van der Waals surface area contributed by atoms with Crippen molar-refractivity contribution in [3.05, 3.63) is 86.3 Å². The van der Waals surface area contributed by atoms with Gasteiger partial charge in [0, 0.05) is 50.8 Å². The third kappa shape index (κ3) is 7.01. The first-order valence-corrected chi connectivity index (χ1v) is 15.9. The van der Waals surface area contributed by atoms with Gasteiger partial charge in [-0.15, -0.1) is 0 Å². The third-order valence-corrected chi connectivity index (χ3v) is 8.84. The van der Waals surface area contributed by atoms with Gasteiger partial charge < -0.3 is 14.7 Å². The summed E-state index contributed by atoms with van der Waals surface area (Å²) in [6, 6.07) is 18.6. The van der Waals surface area contributed by atoms with Crippen LogP contribution in [0.15, 0.2) is 69.6 Å². The van der Waals surface area contributed by atoms with Crippen LogP contribution in [-0.4, -0.2) is 30.8 Å². The van der Waals surface area contributed by atoms with Crippen LogP contribution in [-0.2, 0) is 14.9 Å². The number of halogens is 2. The highest BCUT2D eigenvalue weighted by atomic mass is 79.9. The second-order valence-corrected chi connectivity index (χ2v) is 12.6. The molecule has 0 fully saturated rings. The van der Waals surface area contributed by atoms with Crippen LogP contribution in [0.4, 0.5) is 5.69 Å². The molecule has 40 heavy (non-hydrogen) atoms. The van der Waals surface area contributed by atoms with Crippen LogP contribution in [0.2, 0.25) is 0 Å². The average molecular weight is 669 g/mol. The lowest BCUT2D eigenvalue weighted by Crippen LogP contribution is -2.25.